The highest BCUT2D eigenvalue weighted by Crippen LogP contribution is 2.42. The predicted molar refractivity (Wildman–Crippen MR) is 111 cm³/mol. The fourth-order valence-electron chi connectivity index (χ4n) is 4.39. The normalized spacial score (nSPS) is 21.9. The highest BCUT2D eigenvalue weighted by molar-refractivity contribution is 7.17. The topological polar surface area (TPSA) is 62.9 Å². The molecule has 0 amide bonds. The Morgan fingerprint density at radius 2 is 1.89 bits per heavy atom. The Bertz CT molecular complexity index is 939. The summed E-state index contributed by atoms with van der Waals surface area (Å²) in [5, 5.41) is 15.3. The first kappa shape index (κ1) is 19.2. The molecule has 1 N–H and O–H groups in total. The molecule has 4 rings (SSSR count). The van der Waals surface area contributed by atoms with E-state index in [1.165, 1.54) is 17.8 Å². The van der Waals surface area contributed by atoms with E-state index in [-0.39, 0.29) is 11.9 Å². The summed E-state index contributed by atoms with van der Waals surface area (Å²) in [6.07, 6.45) is 1.24. The average Bonchev–Trinajstić information content (AvgIpc) is 3.14. The minimum Gasteiger partial charge on any atom is -0.494 e. The van der Waals surface area contributed by atoms with E-state index in [9.17, 15) is 5.11 Å². The lowest BCUT2D eigenvalue weighted by Crippen LogP contribution is -2.41. The molecule has 0 bridgehead atoms. The third-order valence-electron chi connectivity index (χ3n) is 5.32. The lowest BCUT2D eigenvalue weighted by molar-refractivity contribution is 0.112. The molecule has 0 unspecified atom stereocenters. The fraction of sp³-hybridized carbons (Fsp3) is 0.524. The van der Waals surface area contributed by atoms with E-state index in [4.69, 9.17) is 4.74 Å². The van der Waals surface area contributed by atoms with Crippen molar-refractivity contribution in [1.82, 2.24) is 19.5 Å². The lowest BCUT2D eigenvalue weighted by atomic mass is 9.89. The molecule has 0 saturated carbocycles. The Labute approximate surface area is 169 Å². The van der Waals surface area contributed by atoms with Crippen molar-refractivity contribution in [3.63, 3.8) is 0 Å². The molecule has 1 aliphatic heterocycles. The van der Waals surface area contributed by atoms with E-state index >= 15 is 0 Å². The summed E-state index contributed by atoms with van der Waals surface area (Å²) >= 11 is 1.52. The third kappa shape index (κ3) is 3.61. The van der Waals surface area contributed by atoms with Gasteiger partial charge in [0.15, 0.2) is 0 Å². The first-order chi connectivity index (χ1) is 13.5. The van der Waals surface area contributed by atoms with Crippen LogP contribution in [0.5, 0.6) is 11.6 Å². The molecule has 0 aliphatic carbocycles. The van der Waals surface area contributed by atoms with Crippen LogP contribution in [0.1, 0.15) is 49.5 Å². The molecular weight excluding hydrogens is 372 g/mol. The van der Waals surface area contributed by atoms with Crippen LogP contribution in [-0.2, 0) is 0 Å². The summed E-state index contributed by atoms with van der Waals surface area (Å²) in [4.78, 5) is 8.59. The van der Waals surface area contributed by atoms with Crippen LogP contribution in [0.2, 0.25) is 0 Å². The number of rotatable bonds is 5. The number of hydrogen-bond donors (Lipinski definition) is 1. The van der Waals surface area contributed by atoms with E-state index in [0.29, 0.717) is 24.3 Å². The first-order valence-electron chi connectivity index (χ1n) is 9.98. The number of thiazole rings is 1. The standard InChI is InChI=1S/C21H28N4O2S/c1-5-27-17-8-6-16(7-9-17)18(24-11-13(2)10-14(3)12-24)19-20(26)25-21(28-19)22-15(4)23-25/h6-9,13-14,18,26H,5,10-12H2,1-4H3/t13-,14-,18+/m0/s1. The molecule has 3 heterocycles. The van der Waals surface area contributed by atoms with Gasteiger partial charge in [-0.2, -0.15) is 4.52 Å². The largest absolute Gasteiger partial charge is 0.494 e. The molecule has 150 valence electrons. The molecule has 0 radical (unpaired) electrons. The molecule has 2 aromatic heterocycles. The lowest BCUT2D eigenvalue weighted by Gasteiger charge is -2.40. The molecule has 7 heteroatoms. The van der Waals surface area contributed by atoms with Crippen molar-refractivity contribution in [2.45, 2.75) is 40.2 Å². The number of ether oxygens (including phenoxy) is 1. The second-order valence-electron chi connectivity index (χ2n) is 7.95. The van der Waals surface area contributed by atoms with Crippen LogP contribution in [0.15, 0.2) is 24.3 Å². The molecule has 1 saturated heterocycles. The van der Waals surface area contributed by atoms with Crippen molar-refractivity contribution >= 4 is 16.3 Å². The molecule has 28 heavy (non-hydrogen) atoms. The summed E-state index contributed by atoms with van der Waals surface area (Å²) in [6, 6.07) is 8.23. The quantitative estimate of drug-likeness (QED) is 0.693. The van der Waals surface area contributed by atoms with Crippen LogP contribution in [0, 0.1) is 18.8 Å². The predicted octanol–water partition coefficient (Wildman–Crippen LogP) is 4.27. The first-order valence-corrected chi connectivity index (χ1v) is 10.8. The Kier molecular flexibility index (Phi) is 5.29. The van der Waals surface area contributed by atoms with Crippen molar-refractivity contribution in [2.24, 2.45) is 11.8 Å². The fourth-order valence-corrected chi connectivity index (χ4v) is 5.55. The monoisotopic (exact) mass is 400 g/mol. The number of likely N-dealkylation sites (tertiary alicyclic amines) is 1. The number of piperidine rings is 1. The maximum atomic E-state index is 11.0. The summed E-state index contributed by atoms with van der Waals surface area (Å²) in [6.45, 7) is 11.1. The van der Waals surface area contributed by atoms with Crippen LogP contribution in [-0.4, -0.2) is 44.3 Å². The van der Waals surface area contributed by atoms with Gasteiger partial charge in [0.25, 0.3) is 0 Å². The van der Waals surface area contributed by atoms with Gasteiger partial charge >= 0.3 is 0 Å². The van der Waals surface area contributed by atoms with Gasteiger partial charge in [-0.05, 0) is 49.8 Å². The molecule has 1 fully saturated rings. The van der Waals surface area contributed by atoms with Crippen molar-refractivity contribution < 1.29 is 9.84 Å². The third-order valence-corrected chi connectivity index (χ3v) is 6.40. The van der Waals surface area contributed by atoms with Crippen LogP contribution in [0.3, 0.4) is 0 Å². The number of benzene rings is 1. The van der Waals surface area contributed by atoms with Gasteiger partial charge < -0.3 is 9.84 Å². The molecule has 0 spiro atoms. The second-order valence-corrected chi connectivity index (χ2v) is 8.96. The van der Waals surface area contributed by atoms with Crippen molar-refractivity contribution in [1.29, 1.82) is 0 Å². The van der Waals surface area contributed by atoms with Gasteiger partial charge in [-0.15, -0.1) is 5.10 Å². The maximum Gasteiger partial charge on any atom is 0.230 e. The number of nitrogens with zero attached hydrogens (tertiary/aromatic N) is 4. The van der Waals surface area contributed by atoms with Crippen LogP contribution in [0.4, 0.5) is 0 Å². The second kappa shape index (κ2) is 7.72. The van der Waals surface area contributed by atoms with Gasteiger partial charge in [0.05, 0.1) is 17.5 Å². The summed E-state index contributed by atoms with van der Waals surface area (Å²) < 4.78 is 7.18. The number of aromatic hydroxyl groups is 1. The van der Waals surface area contributed by atoms with E-state index in [1.807, 2.05) is 26.0 Å². The van der Waals surface area contributed by atoms with Crippen LogP contribution < -0.4 is 4.74 Å². The SMILES string of the molecule is CCOc1ccc([C@H](c2sc3nc(C)nn3c2O)N2C[C@@H](C)C[C@H](C)C2)cc1. The number of fused-ring (bicyclic) bond motifs is 1. The molecule has 1 aliphatic rings. The summed E-state index contributed by atoms with van der Waals surface area (Å²) in [7, 11) is 0. The molecular formula is C21H28N4O2S. The highest BCUT2D eigenvalue weighted by Gasteiger charge is 2.33. The van der Waals surface area contributed by atoms with E-state index in [1.54, 1.807) is 4.52 Å². The molecule has 6 nitrogen and oxygen atoms in total. The average molecular weight is 401 g/mol. The zero-order valence-electron chi connectivity index (χ0n) is 16.9. The minimum absolute atomic E-state index is 0.0188. The Morgan fingerprint density at radius 3 is 2.50 bits per heavy atom. The smallest absolute Gasteiger partial charge is 0.230 e. The number of hydrogen-bond acceptors (Lipinski definition) is 6. The maximum absolute atomic E-state index is 11.0. The zero-order valence-corrected chi connectivity index (χ0v) is 17.7. The zero-order chi connectivity index (χ0) is 19.8. The summed E-state index contributed by atoms with van der Waals surface area (Å²) in [5.74, 6) is 2.99. The van der Waals surface area contributed by atoms with Crippen molar-refractivity contribution in [3.05, 3.63) is 40.5 Å². The van der Waals surface area contributed by atoms with Gasteiger partial charge in [0.1, 0.15) is 11.6 Å². The number of aryl methyl sites for hydroxylation is 1. The number of aromatic nitrogens is 3. The molecule has 1 aromatic carbocycles. The van der Waals surface area contributed by atoms with Gasteiger partial charge in [-0.3, -0.25) is 4.90 Å². The van der Waals surface area contributed by atoms with Crippen molar-refractivity contribution in [3.8, 4) is 11.6 Å². The molecule has 3 atom stereocenters. The van der Waals surface area contributed by atoms with E-state index < -0.39 is 0 Å². The van der Waals surface area contributed by atoms with Gasteiger partial charge in [0.2, 0.25) is 10.8 Å². The molecule has 3 aromatic rings. The van der Waals surface area contributed by atoms with Gasteiger partial charge in [0, 0.05) is 13.1 Å². The van der Waals surface area contributed by atoms with Gasteiger partial charge in [-0.25, -0.2) is 4.98 Å². The highest BCUT2D eigenvalue weighted by atomic mass is 32.1. The minimum atomic E-state index is -0.0188. The van der Waals surface area contributed by atoms with Crippen LogP contribution >= 0.6 is 11.3 Å². The Morgan fingerprint density at radius 1 is 1.21 bits per heavy atom. The van der Waals surface area contributed by atoms with Gasteiger partial charge in [-0.1, -0.05) is 37.3 Å². The van der Waals surface area contributed by atoms with E-state index in [0.717, 1.165) is 34.2 Å². The van der Waals surface area contributed by atoms with Crippen LogP contribution in [0.25, 0.3) is 4.96 Å². The Hall–Kier alpha value is -2.12. The summed E-state index contributed by atoms with van der Waals surface area (Å²) in [5.41, 5.74) is 1.15. The van der Waals surface area contributed by atoms with Crippen molar-refractivity contribution in [2.75, 3.05) is 19.7 Å². The van der Waals surface area contributed by atoms with E-state index in [2.05, 4.69) is 41.0 Å². The Balaban J connectivity index is 1.78.